The van der Waals surface area contributed by atoms with Crippen molar-refractivity contribution in [2.45, 2.75) is 65.0 Å². The average Bonchev–Trinajstić information content (AvgIpc) is 2.31. The van der Waals surface area contributed by atoms with E-state index in [9.17, 15) is 0 Å². The van der Waals surface area contributed by atoms with Crippen LogP contribution < -0.4 is 5.32 Å². The van der Waals surface area contributed by atoms with Crippen molar-refractivity contribution in [1.29, 1.82) is 0 Å². The molecule has 0 heterocycles. The van der Waals surface area contributed by atoms with E-state index in [1.807, 2.05) is 7.11 Å². The Balaban J connectivity index is 2.47. The van der Waals surface area contributed by atoms with Crippen molar-refractivity contribution in [2.24, 2.45) is 11.8 Å². The first-order chi connectivity index (χ1) is 7.69. The molecule has 96 valence electrons. The lowest BCUT2D eigenvalue weighted by Crippen LogP contribution is -2.46. The lowest BCUT2D eigenvalue weighted by atomic mass is 9.78. The van der Waals surface area contributed by atoms with E-state index in [4.69, 9.17) is 4.74 Å². The smallest absolute Gasteiger partial charge is 0.0698 e. The summed E-state index contributed by atoms with van der Waals surface area (Å²) in [5, 5.41) is 3.68. The Labute approximate surface area is 101 Å². The van der Waals surface area contributed by atoms with Crippen molar-refractivity contribution < 1.29 is 4.74 Å². The van der Waals surface area contributed by atoms with Gasteiger partial charge in [0.15, 0.2) is 0 Å². The van der Waals surface area contributed by atoms with Crippen LogP contribution in [0.2, 0.25) is 0 Å². The molecule has 0 aliphatic heterocycles. The zero-order valence-corrected chi connectivity index (χ0v) is 11.5. The summed E-state index contributed by atoms with van der Waals surface area (Å²) in [5.41, 5.74) is 0. The van der Waals surface area contributed by atoms with Gasteiger partial charge in [0.25, 0.3) is 0 Å². The largest absolute Gasteiger partial charge is 0.380 e. The Hall–Kier alpha value is -0.0800. The van der Waals surface area contributed by atoms with E-state index in [0.29, 0.717) is 12.1 Å². The molecular weight excluding hydrogens is 198 g/mol. The predicted molar refractivity (Wildman–Crippen MR) is 69.7 cm³/mol. The normalized spacial score (nSPS) is 30.0. The highest BCUT2D eigenvalue weighted by atomic mass is 16.5. The second kappa shape index (κ2) is 7.29. The van der Waals surface area contributed by atoms with E-state index >= 15 is 0 Å². The topological polar surface area (TPSA) is 21.3 Å². The van der Waals surface area contributed by atoms with Gasteiger partial charge in [-0.15, -0.1) is 0 Å². The van der Waals surface area contributed by atoms with Crippen LogP contribution >= 0.6 is 0 Å². The Kier molecular flexibility index (Phi) is 6.37. The summed E-state index contributed by atoms with van der Waals surface area (Å²) >= 11 is 0. The fourth-order valence-electron chi connectivity index (χ4n) is 2.82. The summed E-state index contributed by atoms with van der Waals surface area (Å²) in [6, 6.07) is 0.553. The molecule has 0 aromatic heterocycles. The van der Waals surface area contributed by atoms with E-state index in [-0.39, 0.29) is 0 Å². The van der Waals surface area contributed by atoms with Crippen LogP contribution in [-0.4, -0.2) is 25.8 Å². The van der Waals surface area contributed by atoms with Gasteiger partial charge in [0.05, 0.1) is 6.10 Å². The van der Waals surface area contributed by atoms with E-state index in [0.717, 1.165) is 18.4 Å². The van der Waals surface area contributed by atoms with Crippen LogP contribution in [-0.2, 0) is 4.74 Å². The van der Waals surface area contributed by atoms with Gasteiger partial charge in [0.2, 0.25) is 0 Å². The third-order valence-electron chi connectivity index (χ3n) is 4.08. The van der Waals surface area contributed by atoms with Crippen LogP contribution in [0.5, 0.6) is 0 Å². The Morgan fingerprint density at radius 3 is 2.38 bits per heavy atom. The van der Waals surface area contributed by atoms with Crippen molar-refractivity contribution in [2.75, 3.05) is 13.7 Å². The molecule has 0 amide bonds. The molecule has 0 saturated heterocycles. The summed E-state index contributed by atoms with van der Waals surface area (Å²) in [7, 11) is 1.83. The molecule has 1 N–H and O–H groups in total. The molecule has 1 aliphatic rings. The maximum absolute atomic E-state index is 5.53. The van der Waals surface area contributed by atoms with Gasteiger partial charge in [-0.25, -0.2) is 0 Å². The molecular formula is C14H29NO. The first-order valence-electron chi connectivity index (χ1n) is 6.95. The summed E-state index contributed by atoms with van der Waals surface area (Å²) < 4.78 is 5.53. The average molecular weight is 227 g/mol. The van der Waals surface area contributed by atoms with Crippen LogP contribution in [0.4, 0.5) is 0 Å². The third kappa shape index (κ3) is 4.06. The second-order valence-electron chi connectivity index (χ2n) is 5.44. The first-order valence-corrected chi connectivity index (χ1v) is 6.95. The molecule has 2 nitrogen and oxygen atoms in total. The van der Waals surface area contributed by atoms with E-state index in [1.54, 1.807) is 0 Å². The molecule has 0 bridgehead atoms. The summed E-state index contributed by atoms with van der Waals surface area (Å²) in [6.45, 7) is 7.92. The number of hydrogen-bond donors (Lipinski definition) is 1. The van der Waals surface area contributed by atoms with Gasteiger partial charge >= 0.3 is 0 Å². The zero-order valence-electron chi connectivity index (χ0n) is 11.5. The van der Waals surface area contributed by atoms with Crippen molar-refractivity contribution in [3.8, 4) is 0 Å². The molecule has 2 unspecified atom stereocenters. The van der Waals surface area contributed by atoms with E-state index in [1.165, 1.54) is 32.1 Å². The predicted octanol–water partition coefficient (Wildman–Crippen LogP) is 3.22. The van der Waals surface area contributed by atoms with Crippen molar-refractivity contribution in [1.82, 2.24) is 5.32 Å². The summed E-state index contributed by atoms with van der Waals surface area (Å²) in [6.07, 6.45) is 7.07. The summed E-state index contributed by atoms with van der Waals surface area (Å²) in [5.74, 6) is 1.75. The van der Waals surface area contributed by atoms with Gasteiger partial charge < -0.3 is 10.1 Å². The molecule has 0 spiro atoms. The maximum atomic E-state index is 5.53. The zero-order chi connectivity index (χ0) is 12.0. The molecule has 16 heavy (non-hydrogen) atoms. The quantitative estimate of drug-likeness (QED) is 0.752. The lowest BCUT2D eigenvalue weighted by molar-refractivity contribution is 0.0489. The van der Waals surface area contributed by atoms with Crippen molar-refractivity contribution in [3.05, 3.63) is 0 Å². The van der Waals surface area contributed by atoms with Gasteiger partial charge in [-0.3, -0.25) is 0 Å². The molecule has 2 atom stereocenters. The SMILES string of the molecule is CCCNC(C1CCC(C)CC1)C(C)OC. The minimum Gasteiger partial charge on any atom is -0.380 e. The Bertz CT molecular complexity index is 176. The van der Waals surface area contributed by atoms with Crippen molar-refractivity contribution >= 4 is 0 Å². The van der Waals surface area contributed by atoms with Gasteiger partial charge in [0.1, 0.15) is 0 Å². The molecule has 0 aromatic rings. The van der Waals surface area contributed by atoms with Crippen LogP contribution in [0.3, 0.4) is 0 Å². The Morgan fingerprint density at radius 1 is 1.25 bits per heavy atom. The van der Waals surface area contributed by atoms with Gasteiger partial charge in [-0.2, -0.15) is 0 Å². The molecule has 1 saturated carbocycles. The van der Waals surface area contributed by atoms with Crippen LogP contribution in [0.25, 0.3) is 0 Å². The van der Waals surface area contributed by atoms with Gasteiger partial charge in [-0.05, 0) is 44.6 Å². The number of methoxy groups -OCH3 is 1. The van der Waals surface area contributed by atoms with Crippen molar-refractivity contribution in [3.63, 3.8) is 0 Å². The number of rotatable bonds is 6. The highest BCUT2D eigenvalue weighted by molar-refractivity contribution is 4.84. The minimum absolute atomic E-state index is 0.338. The highest BCUT2D eigenvalue weighted by Gasteiger charge is 2.29. The minimum atomic E-state index is 0.338. The molecule has 1 fully saturated rings. The lowest BCUT2D eigenvalue weighted by Gasteiger charge is -2.36. The third-order valence-corrected chi connectivity index (χ3v) is 4.08. The van der Waals surface area contributed by atoms with E-state index < -0.39 is 0 Å². The first kappa shape index (κ1) is 14.0. The second-order valence-corrected chi connectivity index (χ2v) is 5.44. The molecule has 2 heteroatoms. The standard InChI is InChI=1S/C14H29NO/c1-5-10-15-14(12(3)16-4)13-8-6-11(2)7-9-13/h11-15H,5-10H2,1-4H3. The number of ether oxygens (including phenoxy) is 1. The van der Waals surface area contributed by atoms with Gasteiger partial charge in [0, 0.05) is 13.2 Å². The van der Waals surface area contributed by atoms with Crippen LogP contribution in [0.1, 0.15) is 52.9 Å². The highest BCUT2D eigenvalue weighted by Crippen LogP contribution is 2.31. The maximum Gasteiger partial charge on any atom is 0.0698 e. The number of nitrogens with one attached hydrogen (secondary N) is 1. The van der Waals surface area contributed by atoms with E-state index in [2.05, 4.69) is 26.1 Å². The van der Waals surface area contributed by atoms with Crippen LogP contribution in [0, 0.1) is 11.8 Å². The Morgan fingerprint density at radius 2 is 1.88 bits per heavy atom. The molecule has 1 aliphatic carbocycles. The molecule has 1 rings (SSSR count). The fraction of sp³-hybridized carbons (Fsp3) is 1.00. The van der Waals surface area contributed by atoms with Gasteiger partial charge in [-0.1, -0.05) is 26.7 Å². The fourth-order valence-corrected chi connectivity index (χ4v) is 2.82. The van der Waals surface area contributed by atoms with Crippen LogP contribution in [0.15, 0.2) is 0 Å². The molecule has 0 aromatic carbocycles. The summed E-state index contributed by atoms with van der Waals surface area (Å²) in [4.78, 5) is 0. The monoisotopic (exact) mass is 227 g/mol. The molecule has 0 radical (unpaired) electrons. The number of hydrogen-bond acceptors (Lipinski definition) is 2.